The third kappa shape index (κ3) is 2.48. The summed E-state index contributed by atoms with van der Waals surface area (Å²) in [5, 5.41) is 0. The minimum absolute atomic E-state index is 0.0209. The highest BCUT2D eigenvalue weighted by Crippen LogP contribution is 2.52. The maximum atomic E-state index is 13.2. The highest BCUT2D eigenvalue weighted by atomic mass is 32.2. The molecule has 4 atom stereocenters. The van der Waals surface area contributed by atoms with Crippen LogP contribution < -0.4 is 4.90 Å². The van der Waals surface area contributed by atoms with Crippen molar-refractivity contribution in [3.8, 4) is 0 Å². The van der Waals surface area contributed by atoms with E-state index in [4.69, 9.17) is 0 Å². The Labute approximate surface area is 156 Å². The van der Waals surface area contributed by atoms with Crippen molar-refractivity contribution in [2.45, 2.75) is 43.2 Å². The number of hydrogen-bond acceptors (Lipinski definition) is 3. The van der Waals surface area contributed by atoms with Gasteiger partial charge in [-0.15, -0.1) is 0 Å². The van der Waals surface area contributed by atoms with Gasteiger partial charge in [0.25, 0.3) is 0 Å². The maximum Gasteiger partial charge on any atom is 0.243 e. The van der Waals surface area contributed by atoms with Crippen LogP contribution in [0.1, 0.15) is 30.4 Å². The van der Waals surface area contributed by atoms with Crippen LogP contribution in [-0.4, -0.2) is 38.9 Å². The first kappa shape index (κ1) is 17.6. The van der Waals surface area contributed by atoms with Crippen molar-refractivity contribution in [1.82, 2.24) is 4.31 Å². The molecule has 5 heteroatoms. The Hall–Kier alpha value is -1.85. The molecule has 1 heterocycles. The Morgan fingerprint density at radius 1 is 1.08 bits per heavy atom. The second kappa shape index (κ2) is 6.10. The van der Waals surface area contributed by atoms with Crippen LogP contribution in [0.2, 0.25) is 0 Å². The number of nitrogens with zero attached hydrogens (tertiary/aromatic N) is 2. The first-order valence-corrected chi connectivity index (χ1v) is 10.6. The molecule has 1 fully saturated rings. The number of para-hydroxylation sites is 1. The van der Waals surface area contributed by atoms with Gasteiger partial charge in [-0.3, -0.25) is 0 Å². The van der Waals surface area contributed by atoms with Gasteiger partial charge in [0.05, 0.1) is 4.90 Å². The molecule has 0 aromatic heterocycles. The lowest BCUT2D eigenvalue weighted by Gasteiger charge is -2.29. The predicted molar refractivity (Wildman–Crippen MR) is 105 cm³/mol. The fraction of sp³-hybridized carbons (Fsp3) is 0.429. The summed E-state index contributed by atoms with van der Waals surface area (Å²) < 4.78 is 28.1. The summed E-state index contributed by atoms with van der Waals surface area (Å²) in [4.78, 5) is 2.72. The second-order valence-electron chi connectivity index (χ2n) is 7.80. The largest absolute Gasteiger partial charge is 0.370 e. The fourth-order valence-corrected chi connectivity index (χ4v) is 6.33. The van der Waals surface area contributed by atoms with Gasteiger partial charge >= 0.3 is 0 Å². The molecule has 1 aliphatic carbocycles. The van der Waals surface area contributed by atoms with E-state index in [0.717, 1.165) is 12.0 Å². The van der Waals surface area contributed by atoms with Gasteiger partial charge in [0.2, 0.25) is 10.0 Å². The first-order valence-electron chi connectivity index (χ1n) is 9.19. The van der Waals surface area contributed by atoms with E-state index in [9.17, 15) is 8.42 Å². The topological polar surface area (TPSA) is 40.6 Å². The standard InChI is InChI=1S/C21H26N2O2S/c1-14-9-11-16(12-10-14)26(24,25)23(4)19-13-15(2)21-20(19)17-7-5-6-8-18(17)22(21)3/h5-12,15,19-21H,13H2,1-4H3/t15-,19-,20+,21-/m1/s1. The van der Waals surface area contributed by atoms with Crippen molar-refractivity contribution >= 4 is 15.7 Å². The van der Waals surface area contributed by atoms with Crippen LogP contribution in [0, 0.1) is 12.8 Å². The highest BCUT2D eigenvalue weighted by molar-refractivity contribution is 7.89. The Bertz CT molecular complexity index is 923. The molecule has 0 N–H and O–H groups in total. The lowest BCUT2D eigenvalue weighted by Crippen LogP contribution is -2.40. The maximum absolute atomic E-state index is 13.2. The van der Waals surface area contributed by atoms with E-state index in [1.165, 1.54) is 11.3 Å². The lowest BCUT2D eigenvalue weighted by molar-refractivity contribution is 0.342. The summed E-state index contributed by atoms with van der Waals surface area (Å²) in [6.07, 6.45) is 0.885. The van der Waals surface area contributed by atoms with E-state index in [0.29, 0.717) is 16.9 Å². The summed E-state index contributed by atoms with van der Waals surface area (Å²) in [6, 6.07) is 15.9. The van der Waals surface area contributed by atoms with Gasteiger partial charge < -0.3 is 4.90 Å². The van der Waals surface area contributed by atoms with Gasteiger partial charge in [-0.2, -0.15) is 4.31 Å². The Kier molecular flexibility index (Phi) is 4.12. The third-order valence-electron chi connectivity index (χ3n) is 6.27. The van der Waals surface area contributed by atoms with Crippen LogP contribution >= 0.6 is 0 Å². The monoisotopic (exact) mass is 370 g/mol. The Morgan fingerprint density at radius 3 is 2.42 bits per heavy atom. The van der Waals surface area contributed by atoms with Gasteiger partial charge in [0, 0.05) is 37.8 Å². The molecule has 2 aromatic carbocycles. The van der Waals surface area contributed by atoms with Gasteiger partial charge in [-0.25, -0.2) is 8.42 Å². The SMILES string of the molecule is Cc1ccc(S(=O)(=O)N(C)[C@@H]2C[C@@H](C)[C@@H]3[C@H]2c2ccccc2N3C)cc1. The summed E-state index contributed by atoms with van der Waals surface area (Å²) in [5.74, 6) is 0.662. The van der Waals surface area contributed by atoms with E-state index < -0.39 is 10.0 Å². The average molecular weight is 371 g/mol. The third-order valence-corrected chi connectivity index (χ3v) is 8.16. The number of fused-ring (bicyclic) bond motifs is 3. The quantitative estimate of drug-likeness (QED) is 0.828. The van der Waals surface area contributed by atoms with Crippen LogP contribution in [0.3, 0.4) is 0 Å². The van der Waals surface area contributed by atoms with Crippen LogP contribution in [0.4, 0.5) is 5.69 Å². The Morgan fingerprint density at radius 2 is 1.73 bits per heavy atom. The molecule has 4 nitrogen and oxygen atoms in total. The van der Waals surface area contributed by atoms with E-state index >= 15 is 0 Å². The molecular weight excluding hydrogens is 344 g/mol. The zero-order valence-corrected chi connectivity index (χ0v) is 16.6. The lowest BCUT2D eigenvalue weighted by atomic mass is 9.93. The smallest absolute Gasteiger partial charge is 0.243 e. The molecule has 26 heavy (non-hydrogen) atoms. The molecule has 2 aromatic rings. The van der Waals surface area contributed by atoms with Gasteiger partial charge in [-0.05, 0) is 43.0 Å². The van der Waals surface area contributed by atoms with Crippen molar-refractivity contribution in [1.29, 1.82) is 0 Å². The van der Waals surface area contributed by atoms with Gasteiger partial charge in [0.15, 0.2) is 0 Å². The number of sulfonamides is 1. The number of likely N-dealkylation sites (N-methyl/N-ethyl adjacent to an activating group) is 2. The van der Waals surface area contributed by atoms with E-state index in [2.05, 4.69) is 43.1 Å². The van der Waals surface area contributed by atoms with E-state index in [1.54, 1.807) is 23.5 Å². The first-order chi connectivity index (χ1) is 12.3. The number of aryl methyl sites for hydroxylation is 1. The van der Waals surface area contributed by atoms with Gasteiger partial charge in [-0.1, -0.05) is 42.8 Å². The molecule has 4 rings (SSSR count). The van der Waals surface area contributed by atoms with E-state index in [1.807, 2.05) is 19.1 Å². The normalized spacial score (nSPS) is 27.7. The second-order valence-corrected chi connectivity index (χ2v) is 9.80. The van der Waals surface area contributed by atoms with Crippen molar-refractivity contribution in [3.63, 3.8) is 0 Å². The molecule has 0 amide bonds. The average Bonchev–Trinajstić information content (AvgIpc) is 3.12. The number of hydrogen-bond donors (Lipinski definition) is 0. The number of rotatable bonds is 3. The number of anilines is 1. The summed E-state index contributed by atoms with van der Waals surface area (Å²) >= 11 is 0. The molecular formula is C21H26N2O2S. The molecule has 2 aliphatic rings. The molecule has 138 valence electrons. The molecule has 1 saturated carbocycles. The van der Waals surface area contributed by atoms with Crippen molar-refractivity contribution in [2.24, 2.45) is 5.92 Å². The Balaban J connectivity index is 1.73. The minimum Gasteiger partial charge on any atom is -0.370 e. The van der Waals surface area contributed by atoms with Gasteiger partial charge in [0.1, 0.15) is 0 Å². The number of benzene rings is 2. The zero-order valence-electron chi connectivity index (χ0n) is 15.8. The molecule has 0 radical (unpaired) electrons. The highest BCUT2D eigenvalue weighted by Gasteiger charge is 2.52. The summed E-state index contributed by atoms with van der Waals surface area (Å²) in [5.41, 5.74) is 3.58. The van der Waals surface area contributed by atoms with Crippen LogP contribution in [-0.2, 0) is 10.0 Å². The van der Waals surface area contributed by atoms with Crippen LogP contribution in [0.15, 0.2) is 53.4 Å². The van der Waals surface area contributed by atoms with E-state index in [-0.39, 0.29) is 12.0 Å². The molecule has 0 saturated heterocycles. The van der Waals surface area contributed by atoms with Crippen LogP contribution in [0.5, 0.6) is 0 Å². The van der Waals surface area contributed by atoms with Crippen LogP contribution in [0.25, 0.3) is 0 Å². The van der Waals surface area contributed by atoms with Crippen molar-refractivity contribution < 1.29 is 8.42 Å². The molecule has 0 bridgehead atoms. The molecule has 1 aliphatic heterocycles. The summed E-state index contributed by atoms with van der Waals surface area (Å²) in [6.45, 7) is 4.21. The molecule has 0 spiro atoms. The summed E-state index contributed by atoms with van der Waals surface area (Å²) in [7, 11) is 0.375. The fourth-order valence-electron chi connectivity index (χ4n) is 4.94. The zero-order chi connectivity index (χ0) is 18.6. The predicted octanol–water partition coefficient (Wildman–Crippen LogP) is 3.63. The molecule has 0 unspecified atom stereocenters. The minimum atomic E-state index is -3.51. The van der Waals surface area contributed by atoms with Crippen molar-refractivity contribution in [3.05, 3.63) is 59.7 Å². The van der Waals surface area contributed by atoms with Crippen molar-refractivity contribution in [2.75, 3.05) is 19.0 Å².